The highest BCUT2D eigenvalue weighted by atomic mass is 79.9. The second kappa shape index (κ2) is 8.02. The van der Waals surface area contributed by atoms with E-state index in [0.29, 0.717) is 22.4 Å². The van der Waals surface area contributed by atoms with Gasteiger partial charge in [-0.15, -0.1) is 0 Å². The molecule has 116 valence electrons. The Morgan fingerprint density at radius 1 is 1.33 bits per heavy atom. The van der Waals surface area contributed by atoms with Gasteiger partial charge in [-0.1, -0.05) is 0 Å². The average molecular weight is 358 g/mol. The maximum absolute atomic E-state index is 12.2. The highest BCUT2D eigenvalue weighted by Crippen LogP contribution is 2.27. The predicted octanol–water partition coefficient (Wildman–Crippen LogP) is 2.87. The number of esters is 1. The van der Waals surface area contributed by atoms with Gasteiger partial charge in [-0.25, -0.2) is 0 Å². The molecule has 0 saturated heterocycles. The smallest absolute Gasteiger partial charge is 0.325 e. The van der Waals surface area contributed by atoms with Crippen LogP contribution in [0.1, 0.15) is 31.1 Å². The molecule has 0 aromatic heterocycles. The van der Waals surface area contributed by atoms with Crippen LogP contribution in [0, 0.1) is 0 Å². The van der Waals surface area contributed by atoms with E-state index in [1.165, 1.54) is 4.90 Å². The van der Waals surface area contributed by atoms with E-state index < -0.39 is 5.97 Å². The van der Waals surface area contributed by atoms with Crippen molar-refractivity contribution in [3.8, 4) is 5.75 Å². The molecule has 21 heavy (non-hydrogen) atoms. The Kier molecular flexibility index (Phi) is 6.68. The molecule has 0 aliphatic heterocycles. The topological polar surface area (TPSA) is 55.8 Å². The van der Waals surface area contributed by atoms with Crippen LogP contribution < -0.4 is 4.74 Å². The Labute approximate surface area is 133 Å². The fourth-order valence-electron chi connectivity index (χ4n) is 1.68. The average Bonchev–Trinajstić information content (AvgIpc) is 2.40. The molecule has 0 atom stereocenters. The van der Waals surface area contributed by atoms with Gasteiger partial charge in [-0.3, -0.25) is 9.59 Å². The van der Waals surface area contributed by atoms with Gasteiger partial charge in [0.05, 0.1) is 17.2 Å². The number of carbonyl (C=O) groups excluding carboxylic acids is 2. The number of ether oxygens (including phenoxy) is 2. The van der Waals surface area contributed by atoms with E-state index in [-0.39, 0.29) is 18.6 Å². The van der Waals surface area contributed by atoms with E-state index in [4.69, 9.17) is 9.47 Å². The summed E-state index contributed by atoms with van der Waals surface area (Å²) in [6, 6.07) is 5.09. The first kappa shape index (κ1) is 17.5. The molecule has 0 heterocycles. The number of amides is 1. The van der Waals surface area contributed by atoms with Gasteiger partial charge < -0.3 is 14.4 Å². The van der Waals surface area contributed by atoms with Crippen LogP contribution >= 0.6 is 15.9 Å². The highest BCUT2D eigenvalue weighted by molar-refractivity contribution is 9.10. The third-order valence-corrected chi connectivity index (χ3v) is 3.18. The van der Waals surface area contributed by atoms with Crippen molar-refractivity contribution in [2.24, 2.45) is 0 Å². The molecule has 1 amide bonds. The van der Waals surface area contributed by atoms with Crippen LogP contribution in [0.5, 0.6) is 5.75 Å². The SMILES string of the molecule is CCOC(=O)CN(C)C(=O)c1ccc(OC(C)C)c(Br)c1. The summed E-state index contributed by atoms with van der Waals surface area (Å²) in [6.07, 6.45) is 0.0503. The van der Waals surface area contributed by atoms with Crippen LogP contribution in [0.15, 0.2) is 22.7 Å². The molecule has 0 spiro atoms. The van der Waals surface area contributed by atoms with E-state index in [2.05, 4.69) is 15.9 Å². The van der Waals surface area contributed by atoms with Crippen molar-refractivity contribution in [3.05, 3.63) is 28.2 Å². The van der Waals surface area contributed by atoms with Crippen molar-refractivity contribution >= 4 is 27.8 Å². The predicted molar refractivity (Wildman–Crippen MR) is 83.5 cm³/mol. The fourth-order valence-corrected chi connectivity index (χ4v) is 2.15. The molecule has 0 N–H and O–H groups in total. The molecule has 0 bridgehead atoms. The number of rotatable bonds is 6. The summed E-state index contributed by atoms with van der Waals surface area (Å²) in [5.41, 5.74) is 0.477. The van der Waals surface area contributed by atoms with Gasteiger partial charge in [0.25, 0.3) is 5.91 Å². The largest absolute Gasteiger partial charge is 0.490 e. The fraction of sp³-hybridized carbons (Fsp3) is 0.467. The Bertz CT molecular complexity index is 516. The first-order valence-corrected chi connectivity index (χ1v) is 7.51. The molecule has 0 aliphatic rings. The van der Waals surface area contributed by atoms with Crippen molar-refractivity contribution in [1.82, 2.24) is 4.90 Å². The lowest BCUT2D eigenvalue weighted by Gasteiger charge is -2.17. The zero-order valence-corrected chi connectivity index (χ0v) is 14.3. The molecule has 0 radical (unpaired) electrons. The first-order valence-electron chi connectivity index (χ1n) is 6.72. The number of likely N-dealkylation sites (N-methyl/N-ethyl adjacent to an activating group) is 1. The maximum atomic E-state index is 12.2. The number of carbonyl (C=O) groups is 2. The van der Waals surface area contributed by atoms with Gasteiger partial charge in [0.15, 0.2) is 0 Å². The minimum absolute atomic E-state index is 0.0503. The summed E-state index contributed by atoms with van der Waals surface area (Å²) in [4.78, 5) is 24.9. The minimum Gasteiger partial charge on any atom is -0.490 e. The zero-order valence-electron chi connectivity index (χ0n) is 12.7. The summed E-state index contributed by atoms with van der Waals surface area (Å²) in [5.74, 6) is 0.00150. The van der Waals surface area contributed by atoms with Crippen LogP contribution in [0.25, 0.3) is 0 Å². The second-order valence-corrected chi connectivity index (χ2v) is 5.63. The van der Waals surface area contributed by atoms with E-state index in [9.17, 15) is 9.59 Å². The molecule has 6 heteroatoms. The van der Waals surface area contributed by atoms with Gasteiger partial charge in [-0.2, -0.15) is 0 Å². The zero-order chi connectivity index (χ0) is 16.0. The van der Waals surface area contributed by atoms with Crippen LogP contribution in [-0.2, 0) is 9.53 Å². The van der Waals surface area contributed by atoms with Gasteiger partial charge in [0.1, 0.15) is 12.3 Å². The van der Waals surface area contributed by atoms with Crippen molar-refractivity contribution in [2.45, 2.75) is 26.9 Å². The first-order chi connectivity index (χ1) is 9.85. The Hall–Kier alpha value is -1.56. The Balaban J connectivity index is 2.78. The Morgan fingerprint density at radius 3 is 2.52 bits per heavy atom. The summed E-state index contributed by atoms with van der Waals surface area (Å²) < 4.78 is 11.1. The molecule has 0 fully saturated rings. The quantitative estimate of drug-likeness (QED) is 0.734. The van der Waals surface area contributed by atoms with Crippen molar-refractivity contribution < 1.29 is 19.1 Å². The number of hydrogen-bond acceptors (Lipinski definition) is 4. The van der Waals surface area contributed by atoms with Crippen molar-refractivity contribution in [1.29, 1.82) is 0 Å². The Morgan fingerprint density at radius 2 is 2.00 bits per heavy atom. The molecule has 0 saturated carbocycles. The standard InChI is InChI=1S/C15H20BrNO4/c1-5-20-14(18)9-17(4)15(19)11-6-7-13(12(16)8-11)21-10(2)3/h6-8,10H,5,9H2,1-4H3. The van der Waals surface area contributed by atoms with Gasteiger partial charge >= 0.3 is 5.97 Å². The van der Waals surface area contributed by atoms with Crippen LogP contribution in [0.3, 0.4) is 0 Å². The summed E-state index contributed by atoms with van der Waals surface area (Å²) in [6.45, 7) is 5.81. The van der Waals surface area contributed by atoms with Crippen LogP contribution in [0.4, 0.5) is 0 Å². The molecule has 1 aromatic carbocycles. The maximum Gasteiger partial charge on any atom is 0.325 e. The van der Waals surface area contributed by atoms with E-state index >= 15 is 0 Å². The second-order valence-electron chi connectivity index (χ2n) is 4.78. The number of nitrogens with zero attached hydrogens (tertiary/aromatic N) is 1. The molecule has 1 aromatic rings. The number of hydrogen-bond donors (Lipinski definition) is 0. The van der Waals surface area contributed by atoms with E-state index in [1.54, 1.807) is 32.2 Å². The third kappa shape index (κ3) is 5.38. The molecular formula is C15H20BrNO4. The van der Waals surface area contributed by atoms with Crippen LogP contribution in [-0.4, -0.2) is 43.1 Å². The van der Waals surface area contributed by atoms with Crippen molar-refractivity contribution in [3.63, 3.8) is 0 Å². The molecule has 0 aliphatic carbocycles. The van der Waals surface area contributed by atoms with E-state index in [0.717, 1.165) is 0 Å². The minimum atomic E-state index is -0.424. The third-order valence-electron chi connectivity index (χ3n) is 2.56. The summed E-state index contributed by atoms with van der Waals surface area (Å²) in [5, 5.41) is 0. The van der Waals surface area contributed by atoms with Gasteiger partial charge in [-0.05, 0) is 54.9 Å². The van der Waals surface area contributed by atoms with Gasteiger partial charge in [0, 0.05) is 12.6 Å². The molecule has 0 unspecified atom stereocenters. The molecular weight excluding hydrogens is 338 g/mol. The lowest BCUT2D eigenvalue weighted by molar-refractivity contribution is -0.143. The monoisotopic (exact) mass is 357 g/mol. The summed E-state index contributed by atoms with van der Waals surface area (Å²) >= 11 is 3.38. The molecule has 1 rings (SSSR count). The highest BCUT2D eigenvalue weighted by Gasteiger charge is 2.17. The number of benzene rings is 1. The summed E-state index contributed by atoms with van der Waals surface area (Å²) in [7, 11) is 1.56. The van der Waals surface area contributed by atoms with Crippen molar-refractivity contribution in [2.75, 3.05) is 20.2 Å². The molecule has 5 nitrogen and oxygen atoms in total. The lowest BCUT2D eigenvalue weighted by Crippen LogP contribution is -2.33. The van der Waals surface area contributed by atoms with Gasteiger partial charge in [0.2, 0.25) is 0 Å². The van der Waals surface area contributed by atoms with E-state index in [1.807, 2.05) is 13.8 Å². The van der Waals surface area contributed by atoms with Crippen LogP contribution in [0.2, 0.25) is 0 Å². The lowest BCUT2D eigenvalue weighted by atomic mass is 10.2. The normalized spacial score (nSPS) is 10.4. The number of halogens is 1.